The second-order valence-electron chi connectivity index (χ2n) is 3.14. The number of likely N-dealkylation sites (N-methyl/N-ethyl adjacent to an activating group) is 1. The van der Waals surface area contributed by atoms with E-state index < -0.39 is 5.97 Å². The molecule has 0 amide bonds. The molecule has 0 aromatic heterocycles. The summed E-state index contributed by atoms with van der Waals surface area (Å²) < 4.78 is 4.91. The van der Waals surface area contributed by atoms with Crippen molar-refractivity contribution in [3.8, 4) is 0 Å². The van der Waals surface area contributed by atoms with E-state index in [4.69, 9.17) is 9.84 Å². The minimum absolute atomic E-state index is 0.467. The normalized spacial score (nSPS) is 12.1. The Bertz CT molecular complexity index is 202. The highest BCUT2D eigenvalue weighted by Crippen LogP contribution is 2.00. The first kappa shape index (κ1) is 13.1. The summed E-state index contributed by atoms with van der Waals surface area (Å²) in [5.74, 6) is -0.826. The van der Waals surface area contributed by atoms with Gasteiger partial charge in [-0.3, -0.25) is 0 Å². The van der Waals surface area contributed by atoms with E-state index in [9.17, 15) is 4.79 Å². The fourth-order valence-electron chi connectivity index (χ4n) is 0.987. The summed E-state index contributed by atoms with van der Waals surface area (Å²) in [5.41, 5.74) is 0.467. The van der Waals surface area contributed by atoms with Crippen LogP contribution < -0.4 is 0 Å². The van der Waals surface area contributed by atoms with Crippen molar-refractivity contribution in [1.29, 1.82) is 0 Å². The highest BCUT2D eigenvalue weighted by atomic mass is 16.5. The van der Waals surface area contributed by atoms with E-state index in [0.29, 0.717) is 25.1 Å². The molecule has 0 saturated heterocycles. The highest BCUT2D eigenvalue weighted by molar-refractivity contribution is 5.86. The van der Waals surface area contributed by atoms with Crippen molar-refractivity contribution >= 4 is 5.97 Å². The number of carbonyl (C=O) groups is 1. The lowest BCUT2D eigenvalue weighted by atomic mass is 10.2. The first-order valence-electron chi connectivity index (χ1n) is 4.71. The zero-order valence-corrected chi connectivity index (χ0v) is 9.12. The van der Waals surface area contributed by atoms with Gasteiger partial charge in [-0.25, -0.2) is 4.79 Å². The first-order valence-corrected chi connectivity index (χ1v) is 4.71. The molecule has 0 bridgehead atoms. The molecular weight excluding hydrogens is 182 g/mol. The van der Waals surface area contributed by atoms with E-state index in [0.717, 1.165) is 6.54 Å². The Hall–Kier alpha value is -0.870. The molecule has 0 aliphatic heterocycles. The van der Waals surface area contributed by atoms with Crippen LogP contribution in [0.3, 0.4) is 0 Å². The molecule has 0 aromatic carbocycles. The van der Waals surface area contributed by atoms with E-state index in [1.807, 2.05) is 18.9 Å². The van der Waals surface area contributed by atoms with Crippen LogP contribution in [0.1, 0.15) is 13.3 Å². The fourth-order valence-corrected chi connectivity index (χ4v) is 0.987. The van der Waals surface area contributed by atoms with Crippen LogP contribution >= 0.6 is 0 Å². The summed E-state index contributed by atoms with van der Waals surface area (Å²) >= 11 is 0. The van der Waals surface area contributed by atoms with Crippen LogP contribution in [0.2, 0.25) is 0 Å². The quantitative estimate of drug-likeness (QED) is 0.624. The van der Waals surface area contributed by atoms with Gasteiger partial charge in [0.15, 0.2) is 0 Å². The number of hydrogen-bond acceptors (Lipinski definition) is 3. The summed E-state index contributed by atoms with van der Waals surface area (Å²) in [7, 11) is 3.59. The van der Waals surface area contributed by atoms with Gasteiger partial charge in [-0.15, -0.1) is 0 Å². The number of aliphatic carboxylic acids is 1. The van der Waals surface area contributed by atoms with Gasteiger partial charge in [0.25, 0.3) is 0 Å². The number of carboxylic acid groups (broad SMARTS) is 1. The van der Waals surface area contributed by atoms with Crippen molar-refractivity contribution in [2.24, 2.45) is 0 Å². The smallest absolute Gasteiger partial charge is 0.331 e. The molecular formula is C10H19NO3. The first-order chi connectivity index (χ1) is 6.61. The number of rotatable bonds is 7. The summed E-state index contributed by atoms with van der Waals surface area (Å²) in [6.45, 7) is 3.97. The Balaban J connectivity index is 3.92. The minimum atomic E-state index is -0.826. The Labute approximate surface area is 85.2 Å². The van der Waals surface area contributed by atoms with Crippen LogP contribution in [0.5, 0.6) is 0 Å². The van der Waals surface area contributed by atoms with Gasteiger partial charge < -0.3 is 14.7 Å². The van der Waals surface area contributed by atoms with E-state index in [-0.39, 0.29) is 0 Å². The maximum absolute atomic E-state index is 10.6. The third kappa shape index (κ3) is 5.72. The van der Waals surface area contributed by atoms with Crippen LogP contribution in [-0.2, 0) is 9.53 Å². The maximum Gasteiger partial charge on any atom is 0.331 e. The highest BCUT2D eigenvalue weighted by Gasteiger charge is 2.03. The lowest BCUT2D eigenvalue weighted by molar-refractivity contribution is -0.132. The average molecular weight is 201 g/mol. The average Bonchev–Trinajstić information content (AvgIpc) is 2.15. The van der Waals surface area contributed by atoms with Crippen molar-refractivity contribution in [2.75, 3.05) is 33.9 Å². The van der Waals surface area contributed by atoms with E-state index in [1.54, 1.807) is 13.2 Å². The monoisotopic (exact) mass is 201 g/mol. The predicted octanol–water partition coefficient (Wildman–Crippen LogP) is 0.986. The minimum Gasteiger partial charge on any atom is -0.478 e. The van der Waals surface area contributed by atoms with Gasteiger partial charge in [0.2, 0.25) is 0 Å². The molecule has 0 aliphatic rings. The number of methoxy groups -OCH3 is 1. The summed E-state index contributed by atoms with van der Waals surface area (Å²) in [6, 6.07) is 0. The van der Waals surface area contributed by atoms with Crippen LogP contribution in [0.15, 0.2) is 11.6 Å². The molecule has 4 nitrogen and oxygen atoms in total. The maximum atomic E-state index is 10.6. The number of hydrogen-bond donors (Lipinski definition) is 1. The SMILES string of the molecule is CCC(=CCN(C)CCOC)C(=O)O. The molecule has 0 spiro atoms. The molecule has 0 aromatic rings. The van der Waals surface area contributed by atoms with Gasteiger partial charge >= 0.3 is 5.97 Å². The van der Waals surface area contributed by atoms with Gasteiger partial charge in [-0.2, -0.15) is 0 Å². The molecule has 0 unspecified atom stereocenters. The zero-order valence-electron chi connectivity index (χ0n) is 9.12. The van der Waals surface area contributed by atoms with Crippen LogP contribution in [0.4, 0.5) is 0 Å². The molecule has 0 fully saturated rings. The molecule has 0 saturated carbocycles. The molecule has 0 atom stereocenters. The van der Waals surface area contributed by atoms with Crippen molar-refractivity contribution in [3.63, 3.8) is 0 Å². The Morgan fingerprint density at radius 1 is 1.57 bits per heavy atom. The van der Waals surface area contributed by atoms with Crippen LogP contribution in [0.25, 0.3) is 0 Å². The van der Waals surface area contributed by atoms with Gasteiger partial charge in [-0.05, 0) is 13.5 Å². The largest absolute Gasteiger partial charge is 0.478 e. The third-order valence-electron chi connectivity index (χ3n) is 1.98. The molecule has 82 valence electrons. The summed E-state index contributed by atoms with van der Waals surface area (Å²) in [5, 5.41) is 8.75. The molecule has 0 rings (SSSR count). The second kappa shape index (κ2) is 7.53. The van der Waals surface area contributed by atoms with Gasteiger partial charge in [0.1, 0.15) is 0 Å². The van der Waals surface area contributed by atoms with Crippen LogP contribution in [0, 0.1) is 0 Å². The molecule has 4 heteroatoms. The summed E-state index contributed by atoms with van der Waals surface area (Å²) in [6.07, 6.45) is 2.31. The predicted molar refractivity (Wildman–Crippen MR) is 55.4 cm³/mol. The van der Waals surface area contributed by atoms with Gasteiger partial charge in [0.05, 0.1) is 6.61 Å². The second-order valence-corrected chi connectivity index (χ2v) is 3.14. The van der Waals surface area contributed by atoms with Gasteiger partial charge in [-0.1, -0.05) is 13.0 Å². The molecule has 0 aliphatic carbocycles. The Morgan fingerprint density at radius 2 is 2.21 bits per heavy atom. The Morgan fingerprint density at radius 3 is 2.64 bits per heavy atom. The lowest BCUT2D eigenvalue weighted by Gasteiger charge is -2.13. The molecule has 1 N–H and O–H groups in total. The Kier molecular flexibility index (Phi) is 7.06. The number of ether oxygens (including phenoxy) is 1. The number of nitrogens with zero attached hydrogens (tertiary/aromatic N) is 1. The van der Waals surface area contributed by atoms with Crippen molar-refractivity contribution in [3.05, 3.63) is 11.6 Å². The van der Waals surface area contributed by atoms with Crippen molar-refractivity contribution < 1.29 is 14.6 Å². The van der Waals surface area contributed by atoms with E-state index >= 15 is 0 Å². The molecule has 0 heterocycles. The third-order valence-corrected chi connectivity index (χ3v) is 1.98. The van der Waals surface area contributed by atoms with Crippen molar-refractivity contribution in [1.82, 2.24) is 4.90 Å². The lowest BCUT2D eigenvalue weighted by Crippen LogP contribution is -2.23. The summed E-state index contributed by atoms with van der Waals surface area (Å²) in [4.78, 5) is 12.7. The molecule has 14 heavy (non-hydrogen) atoms. The molecule has 0 radical (unpaired) electrons. The van der Waals surface area contributed by atoms with Crippen molar-refractivity contribution in [2.45, 2.75) is 13.3 Å². The standard InChI is InChI=1S/C10H19NO3/c1-4-9(10(12)13)5-6-11(2)7-8-14-3/h5H,4,6-8H2,1-3H3,(H,12,13). The van der Waals surface area contributed by atoms with E-state index in [1.165, 1.54) is 0 Å². The van der Waals surface area contributed by atoms with Crippen LogP contribution in [-0.4, -0.2) is 49.8 Å². The fraction of sp³-hybridized carbons (Fsp3) is 0.700. The number of carboxylic acids is 1. The van der Waals surface area contributed by atoms with Gasteiger partial charge in [0, 0.05) is 25.8 Å². The zero-order chi connectivity index (χ0) is 11.0. The topological polar surface area (TPSA) is 49.8 Å². The van der Waals surface area contributed by atoms with E-state index in [2.05, 4.69) is 0 Å².